The standard InChI is InChI=1S/C28H31N3O3S2/c1-5-6-7-8-9-12-31-27(33)23(36-28(31)35)17-22-25(34-21-15-18(2)14-19(3)16-21)29-24-20(4)11-10-13-30(24)26(22)32/h10-11,13-17H,5-9,12H2,1-4H3/b23-17+. The molecule has 0 unspecified atom stereocenters. The Balaban J connectivity index is 1.72. The molecule has 3 heterocycles. The molecule has 36 heavy (non-hydrogen) atoms. The van der Waals surface area contributed by atoms with Gasteiger partial charge in [0.1, 0.15) is 21.3 Å². The summed E-state index contributed by atoms with van der Waals surface area (Å²) in [7, 11) is 0. The first kappa shape index (κ1) is 26.1. The van der Waals surface area contributed by atoms with E-state index in [-0.39, 0.29) is 22.9 Å². The second kappa shape index (κ2) is 11.4. The van der Waals surface area contributed by atoms with Crippen LogP contribution < -0.4 is 10.3 Å². The molecule has 188 valence electrons. The number of fused-ring (bicyclic) bond motifs is 1. The zero-order chi connectivity index (χ0) is 25.8. The van der Waals surface area contributed by atoms with Gasteiger partial charge < -0.3 is 4.74 Å². The summed E-state index contributed by atoms with van der Waals surface area (Å²) >= 11 is 6.72. The molecule has 1 aromatic carbocycles. The number of benzene rings is 1. The van der Waals surface area contributed by atoms with E-state index < -0.39 is 0 Å². The van der Waals surface area contributed by atoms with E-state index in [4.69, 9.17) is 21.9 Å². The SMILES string of the molecule is CCCCCCCN1C(=O)/C(=C\c2c(Oc3cc(C)cc(C)c3)nc3c(C)cccn3c2=O)SC1=S. The molecule has 0 aliphatic carbocycles. The maximum atomic E-state index is 13.6. The van der Waals surface area contributed by atoms with Crippen LogP contribution in [0.1, 0.15) is 61.3 Å². The zero-order valence-corrected chi connectivity index (χ0v) is 22.8. The molecule has 0 N–H and O–H groups in total. The predicted octanol–water partition coefficient (Wildman–Crippen LogP) is 6.58. The molecule has 0 bridgehead atoms. The average Bonchev–Trinajstić information content (AvgIpc) is 3.08. The molecule has 0 spiro atoms. The van der Waals surface area contributed by atoms with Crippen LogP contribution in [0.4, 0.5) is 0 Å². The van der Waals surface area contributed by atoms with Gasteiger partial charge in [-0.05, 0) is 68.2 Å². The highest BCUT2D eigenvalue weighted by atomic mass is 32.2. The lowest BCUT2D eigenvalue weighted by Gasteiger charge is -2.14. The van der Waals surface area contributed by atoms with Crippen molar-refractivity contribution in [3.05, 3.63) is 74.0 Å². The van der Waals surface area contributed by atoms with Gasteiger partial charge in [-0.2, -0.15) is 4.98 Å². The van der Waals surface area contributed by atoms with E-state index in [0.29, 0.717) is 27.2 Å². The quantitative estimate of drug-likeness (QED) is 0.180. The molecular weight excluding hydrogens is 490 g/mol. The molecule has 8 heteroatoms. The lowest BCUT2D eigenvalue weighted by Crippen LogP contribution is -2.29. The number of aryl methyl sites for hydroxylation is 3. The average molecular weight is 522 g/mol. The van der Waals surface area contributed by atoms with Crippen LogP contribution in [-0.4, -0.2) is 31.1 Å². The number of ether oxygens (including phenoxy) is 1. The van der Waals surface area contributed by atoms with Gasteiger partial charge in [0.25, 0.3) is 11.5 Å². The third-order valence-electron chi connectivity index (χ3n) is 6.09. The fourth-order valence-corrected chi connectivity index (χ4v) is 5.58. The molecule has 1 amide bonds. The molecular formula is C28H31N3O3S2. The maximum absolute atomic E-state index is 13.6. The number of nitrogens with zero attached hydrogens (tertiary/aromatic N) is 3. The van der Waals surface area contributed by atoms with Gasteiger partial charge in [-0.1, -0.05) is 68.7 Å². The normalized spacial score (nSPS) is 14.9. The number of amides is 1. The molecule has 1 saturated heterocycles. The van der Waals surface area contributed by atoms with Crippen molar-refractivity contribution in [1.82, 2.24) is 14.3 Å². The highest BCUT2D eigenvalue weighted by Gasteiger charge is 2.32. The van der Waals surface area contributed by atoms with E-state index in [2.05, 4.69) is 6.92 Å². The van der Waals surface area contributed by atoms with E-state index >= 15 is 0 Å². The highest BCUT2D eigenvalue weighted by Crippen LogP contribution is 2.34. The van der Waals surface area contributed by atoms with Gasteiger partial charge in [0, 0.05) is 12.7 Å². The van der Waals surface area contributed by atoms with Crippen LogP contribution in [0.5, 0.6) is 11.6 Å². The molecule has 1 fully saturated rings. The van der Waals surface area contributed by atoms with Gasteiger partial charge in [0.2, 0.25) is 5.88 Å². The number of rotatable bonds is 9. The first-order valence-corrected chi connectivity index (χ1v) is 13.5. The van der Waals surface area contributed by atoms with Crippen molar-refractivity contribution in [3.63, 3.8) is 0 Å². The fourth-order valence-electron chi connectivity index (χ4n) is 4.29. The number of hydrogen-bond donors (Lipinski definition) is 0. The number of pyridine rings is 1. The van der Waals surface area contributed by atoms with Gasteiger partial charge in [0.05, 0.1) is 4.91 Å². The van der Waals surface area contributed by atoms with E-state index in [1.165, 1.54) is 29.0 Å². The van der Waals surface area contributed by atoms with Crippen molar-refractivity contribution in [1.29, 1.82) is 0 Å². The number of hydrogen-bond acceptors (Lipinski definition) is 6. The first-order chi connectivity index (χ1) is 17.3. The minimum Gasteiger partial charge on any atom is -0.438 e. The number of aromatic nitrogens is 2. The number of carbonyl (C=O) groups excluding carboxylic acids is 1. The van der Waals surface area contributed by atoms with Crippen molar-refractivity contribution in [2.45, 2.75) is 59.8 Å². The molecule has 3 aromatic rings. The Bertz CT molecular complexity index is 1390. The Morgan fingerprint density at radius 2 is 1.78 bits per heavy atom. The minimum atomic E-state index is -0.298. The molecule has 1 aliphatic rings. The Morgan fingerprint density at radius 1 is 1.06 bits per heavy atom. The van der Waals surface area contributed by atoms with Gasteiger partial charge in [-0.15, -0.1) is 0 Å². The smallest absolute Gasteiger partial charge is 0.269 e. The van der Waals surface area contributed by atoms with Crippen LogP contribution in [0, 0.1) is 20.8 Å². The third kappa shape index (κ3) is 5.71. The summed E-state index contributed by atoms with van der Waals surface area (Å²) in [5.41, 5.74) is 3.37. The van der Waals surface area contributed by atoms with E-state index in [0.717, 1.165) is 36.0 Å². The molecule has 4 rings (SSSR count). The summed E-state index contributed by atoms with van der Waals surface area (Å²) in [5.74, 6) is 0.585. The van der Waals surface area contributed by atoms with Crippen LogP contribution in [0.15, 0.2) is 46.2 Å². The summed E-state index contributed by atoms with van der Waals surface area (Å²) in [4.78, 5) is 33.5. The minimum absolute atomic E-state index is 0.170. The molecule has 0 saturated carbocycles. The lowest BCUT2D eigenvalue weighted by atomic mass is 10.1. The summed E-state index contributed by atoms with van der Waals surface area (Å²) in [6.07, 6.45) is 8.74. The summed E-state index contributed by atoms with van der Waals surface area (Å²) in [6, 6.07) is 9.55. The number of carbonyl (C=O) groups is 1. The molecule has 1 aliphatic heterocycles. The van der Waals surface area contributed by atoms with Crippen molar-refractivity contribution in [3.8, 4) is 11.6 Å². The fraction of sp³-hybridized carbons (Fsp3) is 0.357. The van der Waals surface area contributed by atoms with Crippen LogP contribution in [0.2, 0.25) is 0 Å². The molecule has 0 radical (unpaired) electrons. The monoisotopic (exact) mass is 521 g/mol. The van der Waals surface area contributed by atoms with Crippen molar-refractivity contribution in [2.75, 3.05) is 6.54 Å². The second-order valence-corrected chi connectivity index (χ2v) is 10.9. The van der Waals surface area contributed by atoms with E-state index in [9.17, 15) is 9.59 Å². The zero-order valence-electron chi connectivity index (χ0n) is 21.2. The maximum Gasteiger partial charge on any atom is 0.269 e. The summed E-state index contributed by atoms with van der Waals surface area (Å²) in [6.45, 7) is 8.64. The molecule has 0 atom stereocenters. The van der Waals surface area contributed by atoms with Crippen LogP contribution in [0.3, 0.4) is 0 Å². The number of thiocarbonyl (C=S) groups is 1. The Hall–Kier alpha value is -2.97. The lowest BCUT2D eigenvalue weighted by molar-refractivity contribution is -0.122. The van der Waals surface area contributed by atoms with Crippen molar-refractivity contribution in [2.24, 2.45) is 0 Å². The topological polar surface area (TPSA) is 63.9 Å². The van der Waals surface area contributed by atoms with Crippen molar-refractivity contribution >= 4 is 45.9 Å². The van der Waals surface area contributed by atoms with Gasteiger partial charge >= 0.3 is 0 Å². The Kier molecular flexibility index (Phi) is 8.26. The second-order valence-electron chi connectivity index (χ2n) is 9.19. The van der Waals surface area contributed by atoms with Crippen LogP contribution >= 0.6 is 24.0 Å². The Morgan fingerprint density at radius 3 is 2.50 bits per heavy atom. The first-order valence-electron chi connectivity index (χ1n) is 12.3. The van der Waals surface area contributed by atoms with Crippen molar-refractivity contribution < 1.29 is 9.53 Å². The largest absolute Gasteiger partial charge is 0.438 e. The van der Waals surface area contributed by atoms with E-state index in [1.807, 2.05) is 45.0 Å². The highest BCUT2D eigenvalue weighted by molar-refractivity contribution is 8.26. The Labute approximate surface area is 221 Å². The summed E-state index contributed by atoms with van der Waals surface area (Å²) < 4.78 is 8.19. The summed E-state index contributed by atoms with van der Waals surface area (Å²) in [5, 5.41) is 0. The number of unbranched alkanes of at least 4 members (excludes halogenated alkanes) is 4. The number of thioether (sulfide) groups is 1. The molecule has 6 nitrogen and oxygen atoms in total. The van der Waals surface area contributed by atoms with Crippen LogP contribution in [-0.2, 0) is 4.79 Å². The molecule has 2 aromatic heterocycles. The van der Waals surface area contributed by atoms with Gasteiger partial charge in [-0.25, -0.2) is 0 Å². The van der Waals surface area contributed by atoms with Gasteiger partial charge in [-0.3, -0.25) is 18.9 Å². The van der Waals surface area contributed by atoms with Crippen LogP contribution in [0.25, 0.3) is 11.7 Å². The van der Waals surface area contributed by atoms with E-state index in [1.54, 1.807) is 23.2 Å². The predicted molar refractivity (Wildman–Crippen MR) is 151 cm³/mol. The van der Waals surface area contributed by atoms with Gasteiger partial charge in [0.15, 0.2) is 0 Å². The third-order valence-corrected chi connectivity index (χ3v) is 7.47.